The third-order valence-corrected chi connectivity index (χ3v) is 5.57. The van der Waals surface area contributed by atoms with E-state index in [4.69, 9.17) is 0 Å². The van der Waals surface area contributed by atoms with E-state index < -0.39 is 28.8 Å². The second kappa shape index (κ2) is 6.77. The number of nitrogens with one attached hydrogen (secondary N) is 1. The highest BCUT2D eigenvalue weighted by atomic mass is 32.2. The van der Waals surface area contributed by atoms with Crippen LogP contribution < -0.4 is 4.72 Å². The molecule has 0 saturated heterocycles. The Morgan fingerprint density at radius 1 is 1.04 bits per heavy atom. The van der Waals surface area contributed by atoms with Gasteiger partial charge in [-0.1, -0.05) is 35.9 Å². The van der Waals surface area contributed by atoms with E-state index in [1.165, 1.54) is 35.0 Å². The second-order valence-corrected chi connectivity index (χ2v) is 7.77. The number of hydrogen-bond acceptors (Lipinski definition) is 2. The van der Waals surface area contributed by atoms with Crippen molar-refractivity contribution in [3.63, 3.8) is 0 Å². The molecule has 138 valence electrons. The van der Waals surface area contributed by atoms with Crippen molar-refractivity contribution in [1.82, 2.24) is 9.29 Å². The Morgan fingerprint density at radius 2 is 1.69 bits per heavy atom. The zero-order chi connectivity index (χ0) is 18.9. The average Bonchev–Trinajstić information content (AvgIpc) is 2.97. The monoisotopic (exact) mass is 382 g/mol. The molecule has 4 nitrogen and oxygen atoms in total. The Morgan fingerprint density at radius 3 is 2.35 bits per heavy atom. The molecule has 0 spiro atoms. The summed E-state index contributed by atoms with van der Waals surface area (Å²) >= 11 is 0. The van der Waals surface area contributed by atoms with Gasteiger partial charge in [-0.05, 0) is 36.6 Å². The first-order valence-electron chi connectivity index (χ1n) is 7.86. The van der Waals surface area contributed by atoms with Crippen LogP contribution in [-0.2, 0) is 16.6 Å². The van der Waals surface area contributed by atoms with Crippen molar-refractivity contribution in [3.8, 4) is 0 Å². The highest BCUT2D eigenvalue weighted by molar-refractivity contribution is 7.89. The largest absolute Gasteiger partial charge is 0.406 e. The van der Waals surface area contributed by atoms with Gasteiger partial charge in [0.15, 0.2) is 0 Å². The standard InChI is InChI=1S/C18H17F3N2O2S/c1-13-6-8-15(9-7-13)26(24,25)22-17(18(19,20)21)12-23-11-10-14-4-2-3-5-16(14)23/h2-11,17,22H,12H2,1H3. The van der Waals surface area contributed by atoms with Crippen LogP contribution in [0.3, 0.4) is 0 Å². The first-order chi connectivity index (χ1) is 12.2. The summed E-state index contributed by atoms with van der Waals surface area (Å²) < 4.78 is 68.4. The lowest BCUT2D eigenvalue weighted by molar-refractivity contribution is -0.154. The lowest BCUT2D eigenvalue weighted by Crippen LogP contribution is -2.47. The van der Waals surface area contributed by atoms with Crippen LogP contribution in [0.5, 0.6) is 0 Å². The highest BCUT2D eigenvalue weighted by Gasteiger charge is 2.42. The van der Waals surface area contributed by atoms with Gasteiger partial charge in [-0.25, -0.2) is 8.42 Å². The number of para-hydroxylation sites is 1. The van der Waals surface area contributed by atoms with E-state index >= 15 is 0 Å². The molecule has 1 N–H and O–H groups in total. The Labute approximate surface area is 149 Å². The van der Waals surface area contributed by atoms with Gasteiger partial charge >= 0.3 is 6.18 Å². The molecule has 0 amide bonds. The van der Waals surface area contributed by atoms with E-state index in [-0.39, 0.29) is 4.90 Å². The molecular weight excluding hydrogens is 365 g/mol. The Balaban J connectivity index is 1.90. The first-order valence-corrected chi connectivity index (χ1v) is 9.35. The summed E-state index contributed by atoms with van der Waals surface area (Å²) in [7, 11) is -4.30. The van der Waals surface area contributed by atoms with Gasteiger partial charge in [0.25, 0.3) is 0 Å². The third kappa shape index (κ3) is 3.91. The molecule has 3 rings (SSSR count). The lowest BCUT2D eigenvalue weighted by atomic mass is 10.2. The van der Waals surface area contributed by atoms with Crippen molar-refractivity contribution in [2.75, 3.05) is 0 Å². The van der Waals surface area contributed by atoms with Gasteiger partial charge in [-0.2, -0.15) is 17.9 Å². The van der Waals surface area contributed by atoms with Crippen molar-refractivity contribution in [2.45, 2.75) is 30.6 Å². The summed E-state index contributed by atoms with van der Waals surface area (Å²) in [6.45, 7) is 1.21. The Kier molecular flexibility index (Phi) is 4.81. The molecule has 1 atom stereocenters. The summed E-state index contributed by atoms with van der Waals surface area (Å²) in [5, 5.41) is 0.787. The molecule has 0 saturated carbocycles. The fraction of sp³-hybridized carbons (Fsp3) is 0.222. The smallest absolute Gasteiger partial charge is 0.346 e. The van der Waals surface area contributed by atoms with E-state index in [9.17, 15) is 21.6 Å². The molecular formula is C18H17F3N2O2S. The molecule has 0 radical (unpaired) electrons. The summed E-state index contributed by atoms with van der Waals surface area (Å²) in [6.07, 6.45) is -3.22. The van der Waals surface area contributed by atoms with Crippen LogP contribution in [-0.4, -0.2) is 25.2 Å². The summed E-state index contributed by atoms with van der Waals surface area (Å²) in [5.41, 5.74) is 1.42. The van der Waals surface area contributed by atoms with E-state index in [0.717, 1.165) is 10.9 Å². The van der Waals surface area contributed by atoms with Crippen LogP contribution in [0.25, 0.3) is 10.9 Å². The van der Waals surface area contributed by atoms with Crippen molar-refractivity contribution < 1.29 is 21.6 Å². The number of sulfonamides is 1. The SMILES string of the molecule is Cc1ccc(S(=O)(=O)NC(Cn2ccc3ccccc32)C(F)(F)F)cc1. The molecule has 0 fully saturated rings. The fourth-order valence-electron chi connectivity index (χ4n) is 2.68. The van der Waals surface area contributed by atoms with Gasteiger partial charge in [0.1, 0.15) is 6.04 Å². The fourth-order valence-corrected chi connectivity index (χ4v) is 3.89. The second-order valence-electron chi connectivity index (χ2n) is 6.06. The molecule has 1 heterocycles. The number of rotatable bonds is 5. The van der Waals surface area contributed by atoms with Crippen LogP contribution in [0.1, 0.15) is 5.56 Å². The molecule has 1 aromatic heterocycles. The van der Waals surface area contributed by atoms with Crippen LogP contribution in [0, 0.1) is 6.92 Å². The Hall–Kier alpha value is -2.32. The molecule has 2 aromatic carbocycles. The third-order valence-electron chi connectivity index (χ3n) is 4.08. The molecule has 26 heavy (non-hydrogen) atoms. The average molecular weight is 382 g/mol. The zero-order valence-electron chi connectivity index (χ0n) is 13.9. The normalized spacial score (nSPS) is 13.8. The van der Waals surface area contributed by atoms with Gasteiger partial charge in [0, 0.05) is 18.3 Å². The van der Waals surface area contributed by atoms with Crippen molar-refractivity contribution in [2.24, 2.45) is 0 Å². The zero-order valence-corrected chi connectivity index (χ0v) is 14.7. The van der Waals surface area contributed by atoms with E-state index in [0.29, 0.717) is 5.52 Å². The minimum absolute atomic E-state index is 0.199. The highest BCUT2D eigenvalue weighted by Crippen LogP contribution is 2.25. The maximum absolute atomic E-state index is 13.5. The lowest BCUT2D eigenvalue weighted by Gasteiger charge is -2.22. The number of fused-ring (bicyclic) bond motifs is 1. The van der Waals surface area contributed by atoms with Crippen LogP contribution in [0.2, 0.25) is 0 Å². The van der Waals surface area contributed by atoms with E-state index in [1.54, 1.807) is 42.0 Å². The molecule has 0 aliphatic rings. The van der Waals surface area contributed by atoms with E-state index in [2.05, 4.69) is 0 Å². The van der Waals surface area contributed by atoms with Crippen molar-refractivity contribution in [3.05, 3.63) is 66.4 Å². The number of hydrogen-bond donors (Lipinski definition) is 1. The summed E-state index contributed by atoms with van der Waals surface area (Å²) in [5.74, 6) is 0. The quantitative estimate of drug-likeness (QED) is 0.729. The molecule has 0 bridgehead atoms. The number of nitrogens with zero attached hydrogens (tertiary/aromatic N) is 1. The van der Waals surface area contributed by atoms with Gasteiger partial charge < -0.3 is 4.57 Å². The van der Waals surface area contributed by atoms with Gasteiger partial charge in [0.05, 0.1) is 4.90 Å². The molecule has 1 unspecified atom stereocenters. The predicted octanol–water partition coefficient (Wildman–Crippen LogP) is 3.86. The number of aryl methyl sites for hydroxylation is 1. The number of alkyl halides is 3. The van der Waals surface area contributed by atoms with E-state index in [1.807, 2.05) is 0 Å². The summed E-state index contributed by atoms with van der Waals surface area (Å²) in [6, 6.07) is 12.1. The molecule has 0 aliphatic carbocycles. The molecule has 3 aromatic rings. The number of benzene rings is 2. The maximum Gasteiger partial charge on any atom is 0.406 e. The predicted molar refractivity (Wildman–Crippen MR) is 93.3 cm³/mol. The first kappa shape index (κ1) is 18.5. The van der Waals surface area contributed by atoms with Crippen LogP contribution in [0.4, 0.5) is 13.2 Å². The van der Waals surface area contributed by atoms with Gasteiger partial charge in [-0.3, -0.25) is 0 Å². The maximum atomic E-state index is 13.5. The molecule has 0 aliphatic heterocycles. The van der Waals surface area contributed by atoms with Gasteiger partial charge in [0.2, 0.25) is 10.0 Å². The van der Waals surface area contributed by atoms with Crippen molar-refractivity contribution in [1.29, 1.82) is 0 Å². The molecule has 8 heteroatoms. The van der Waals surface area contributed by atoms with Crippen LogP contribution in [0.15, 0.2) is 65.7 Å². The minimum atomic E-state index is -4.73. The van der Waals surface area contributed by atoms with Crippen molar-refractivity contribution >= 4 is 20.9 Å². The van der Waals surface area contributed by atoms with Crippen LogP contribution >= 0.6 is 0 Å². The number of halogens is 3. The topological polar surface area (TPSA) is 51.1 Å². The number of aromatic nitrogens is 1. The minimum Gasteiger partial charge on any atom is -0.346 e. The van der Waals surface area contributed by atoms with Gasteiger partial charge in [-0.15, -0.1) is 0 Å². The summed E-state index contributed by atoms with van der Waals surface area (Å²) in [4.78, 5) is -0.199. The Bertz CT molecular complexity index is 1010.